The molecule has 9 nitrogen and oxygen atoms in total. The number of hydrogen-bond donors (Lipinski definition) is 1. The van der Waals surface area contributed by atoms with Crippen LogP contribution < -0.4 is 10.8 Å². The second-order valence-electron chi connectivity index (χ2n) is 17.0. The van der Waals surface area contributed by atoms with E-state index in [1.54, 1.807) is 43.7 Å². The third-order valence-electron chi connectivity index (χ3n) is 11.7. The Bertz CT molecular complexity index is 2780. The fourth-order valence-corrected chi connectivity index (χ4v) is 8.62. The van der Waals surface area contributed by atoms with Crippen LogP contribution >= 0.6 is 15.9 Å². The van der Waals surface area contributed by atoms with Crippen molar-refractivity contribution in [2.24, 2.45) is 0 Å². The van der Waals surface area contributed by atoms with Gasteiger partial charge >= 0.3 is 7.12 Å². The minimum atomic E-state index is -3.27. The maximum absolute atomic E-state index is 13.4. The number of nitrogens with one attached hydrogen (secondary N) is 1. The van der Waals surface area contributed by atoms with Crippen molar-refractivity contribution in [2.45, 2.75) is 85.0 Å². The van der Waals surface area contributed by atoms with Crippen LogP contribution in [0.3, 0.4) is 0 Å². The number of aromatic nitrogens is 2. The van der Waals surface area contributed by atoms with Crippen LogP contribution in [0.15, 0.2) is 126 Å². The quantitative estimate of drug-likeness (QED) is 0.0963. The molecule has 0 bridgehead atoms. The van der Waals surface area contributed by atoms with Gasteiger partial charge in [0.25, 0.3) is 0 Å². The van der Waals surface area contributed by atoms with Crippen LogP contribution in [0, 0.1) is 38.6 Å². The third-order valence-corrected chi connectivity index (χ3v) is 13.8. The molecule has 0 saturated carbocycles. The molecule has 2 unspecified atom stereocenters. The van der Waals surface area contributed by atoms with Gasteiger partial charge in [0, 0.05) is 46.5 Å². The fourth-order valence-electron chi connectivity index (χ4n) is 7.11. The first-order valence-corrected chi connectivity index (χ1v) is 24.2. The maximum atomic E-state index is 13.4. The molecule has 4 aromatic carbocycles. The zero-order valence-corrected chi connectivity index (χ0v) is 41.0. The van der Waals surface area contributed by atoms with Crippen molar-refractivity contribution in [3.8, 4) is 11.1 Å². The van der Waals surface area contributed by atoms with Crippen molar-refractivity contribution in [3.63, 3.8) is 0 Å². The minimum Gasteiger partial charge on any atom is -0.399 e. The molecule has 7 rings (SSSR count). The first-order chi connectivity index (χ1) is 31.3. The molecule has 1 fully saturated rings. The molecule has 0 aliphatic carbocycles. The van der Waals surface area contributed by atoms with Crippen molar-refractivity contribution in [1.29, 1.82) is 0 Å². The van der Waals surface area contributed by atoms with Crippen LogP contribution in [-0.2, 0) is 19.1 Å². The highest BCUT2D eigenvalue weighted by Crippen LogP contribution is 2.37. The van der Waals surface area contributed by atoms with E-state index in [1.165, 1.54) is 24.3 Å². The van der Waals surface area contributed by atoms with Gasteiger partial charge in [0.1, 0.15) is 11.6 Å². The largest absolute Gasteiger partial charge is 0.494 e. The van der Waals surface area contributed by atoms with Crippen LogP contribution in [0.4, 0.5) is 20.2 Å². The highest BCUT2D eigenvalue weighted by atomic mass is 79.9. The summed E-state index contributed by atoms with van der Waals surface area (Å²) in [6.07, 6.45) is 8.00. The summed E-state index contributed by atoms with van der Waals surface area (Å²) in [7, 11) is -3.63. The first-order valence-electron chi connectivity index (χ1n) is 21.6. The van der Waals surface area contributed by atoms with Crippen molar-refractivity contribution in [2.75, 3.05) is 18.1 Å². The second kappa shape index (κ2) is 22.7. The zero-order chi connectivity index (χ0) is 48.2. The summed E-state index contributed by atoms with van der Waals surface area (Å²) in [6, 6.07) is 27.7. The Kier molecular flexibility index (Phi) is 17.7. The van der Waals surface area contributed by atoms with E-state index >= 15 is 0 Å². The number of sulfone groups is 1. The lowest BCUT2D eigenvalue weighted by atomic mass is 9.78. The van der Waals surface area contributed by atoms with Gasteiger partial charge in [0.2, 0.25) is 0 Å². The second-order valence-corrected chi connectivity index (χ2v) is 20.4. The molecule has 1 aliphatic rings. The predicted octanol–water partition coefficient (Wildman–Crippen LogP) is 12.2. The van der Waals surface area contributed by atoms with Gasteiger partial charge in [-0.25, -0.2) is 26.9 Å². The van der Waals surface area contributed by atoms with Crippen molar-refractivity contribution in [3.05, 3.63) is 194 Å². The number of benzene rings is 4. The summed E-state index contributed by atoms with van der Waals surface area (Å²) >= 11 is 3.43. The highest BCUT2D eigenvalue weighted by molar-refractivity contribution is 9.10. The lowest BCUT2D eigenvalue weighted by Crippen LogP contribution is -2.41. The Morgan fingerprint density at radius 2 is 1.24 bits per heavy atom. The summed E-state index contributed by atoms with van der Waals surface area (Å²) in [5, 5.41) is 3.47. The van der Waals surface area contributed by atoms with Crippen molar-refractivity contribution < 1.29 is 26.5 Å². The molecule has 342 valence electrons. The van der Waals surface area contributed by atoms with Gasteiger partial charge in [-0.05, 0) is 151 Å². The van der Waals surface area contributed by atoms with Gasteiger partial charge in [0.15, 0.2) is 21.2 Å². The molecule has 0 radical (unpaired) electrons. The van der Waals surface area contributed by atoms with Gasteiger partial charge in [-0.1, -0.05) is 74.5 Å². The molecule has 1 saturated heterocycles. The standard InChI is InChI=1S/C23H21FN2O2S.C15H16BrFN2.C14H18BNO2/c1-4-29(27,28)15-22(17-5-8-21(24)9-6-17)20-12-19(13-26-14-20)18-7-10-23(25-3)16(2)11-18;1-2-7-19-15(11-3-5-14(17)6-4-11)12-8-13(16)10-18-9-12;1-10-9-11(7-8-12(10)16-6)15-17-13(2,3)14(4,5)18-15/h5-14,22H,4,15H2,1-2H3;3-6,8-10,15,19H,2,7H2,1H3;7-9H,1-5H3. The molecular weight excluding hydrogens is 919 g/mol. The molecule has 66 heavy (non-hydrogen) atoms. The third kappa shape index (κ3) is 13.5. The highest BCUT2D eigenvalue weighted by Gasteiger charge is 2.51. The van der Waals surface area contributed by atoms with Crippen LogP contribution in [0.25, 0.3) is 20.8 Å². The molecule has 1 N–H and O–H groups in total. The average molecular weight is 975 g/mol. The molecule has 1 aliphatic heterocycles. The molecule has 3 heterocycles. The minimum absolute atomic E-state index is 0.0329. The Labute approximate surface area is 397 Å². The number of rotatable bonds is 12. The number of hydrogen-bond acceptors (Lipinski definition) is 7. The summed E-state index contributed by atoms with van der Waals surface area (Å²) < 4.78 is 64.1. The fraction of sp³-hybridized carbons (Fsp3) is 0.308. The van der Waals surface area contributed by atoms with E-state index in [4.69, 9.17) is 22.5 Å². The Morgan fingerprint density at radius 3 is 1.77 bits per heavy atom. The van der Waals surface area contributed by atoms with Gasteiger partial charge in [-0.2, -0.15) is 0 Å². The summed E-state index contributed by atoms with van der Waals surface area (Å²) in [4.78, 5) is 15.5. The normalized spacial score (nSPS) is 14.7. The molecule has 0 amide bonds. The molecule has 6 aromatic rings. The van der Waals surface area contributed by atoms with Crippen LogP contribution in [0.1, 0.15) is 93.3 Å². The van der Waals surface area contributed by atoms with Crippen LogP contribution in [-0.4, -0.2) is 54.8 Å². The molecular formula is C52H55BBrF2N5O4S. The lowest BCUT2D eigenvalue weighted by Gasteiger charge is -2.32. The Hall–Kier alpha value is -5.61. The van der Waals surface area contributed by atoms with Crippen molar-refractivity contribution in [1.82, 2.24) is 15.3 Å². The summed E-state index contributed by atoms with van der Waals surface area (Å²) in [5.74, 6) is -1.07. The van der Waals surface area contributed by atoms with Gasteiger partial charge in [-0.3, -0.25) is 9.97 Å². The molecule has 0 spiro atoms. The van der Waals surface area contributed by atoms with Gasteiger partial charge in [0.05, 0.1) is 36.1 Å². The van der Waals surface area contributed by atoms with E-state index in [1.807, 2.05) is 102 Å². The van der Waals surface area contributed by atoms with E-state index < -0.39 is 15.8 Å². The zero-order valence-electron chi connectivity index (χ0n) is 38.6. The van der Waals surface area contributed by atoms with Crippen LogP contribution in [0.2, 0.25) is 0 Å². The summed E-state index contributed by atoms with van der Waals surface area (Å²) in [5.41, 5.74) is 8.72. The van der Waals surface area contributed by atoms with E-state index in [2.05, 4.69) is 47.8 Å². The monoisotopic (exact) mass is 973 g/mol. The Balaban J connectivity index is 0.000000194. The number of nitrogens with zero attached hydrogens (tertiary/aromatic N) is 4. The lowest BCUT2D eigenvalue weighted by molar-refractivity contribution is 0.00578. The predicted molar refractivity (Wildman–Crippen MR) is 265 cm³/mol. The van der Waals surface area contributed by atoms with Gasteiger partial charge < -0.3 is 14.6 Å². The van der Waals surface area contributed by atoms with Crippen LogP contribution in [0.5, 0.6) is 0 Å². The van der Waals surface area contributed by atoms with E-state index in [9.17, 15) is 17.2 Å². The van der Waals surface area contributed by atoms with E-state index in [0.29, 0.717) is 11.4 Å². The van der Waals surface area contributed by atoms with E-state index in [0.717, 1.165) is 67.4 Å². The Morgan fingerprint density at radius 1 is 0.697 bits per heavy atom. The first kappa shape index (κ1) is 51.4. The number of pyridine rings is 2. The average Bonchev–Trinajstić information content (AvgIpc) is 3.52. The number of aryl methyl sites for hydroxylation is 2. The topological polar surface area (TPSA) is 99.1 Å². The number of halogens is 3. The molecule has 14 heteroatoms. The summed E-state index contributed by atoms with van der Waals surface area (Å²) in [6.45, 7) is 30.8. The smallest absolute Gasteiger partial charge is 0.399 e. The SMILES string of the molecule is CCCNC(c1ccc(F)cc1)c1cncc(Br)c1.[C-]#[N+]c1ccc(-c2cncc(C(CS(=O)(=O)CC)c3ccc(F)cc3)c2)cc1C.[C-]#[N+]c1ccc(B2OC(C)(C)C(C)(C)O2)cc1C. The molecule has 2 atom stereocenters. The molecule has 2 aromatic heterocycles. The van der Waals surface area contributed by atoms with E-state index in [-0.39, 0.29) is 47.5 Å². The maximum Gasteiger partial charge on any atom is 0.494 e. The van der Waals surface area contributed by atoms with Gasteiger partial charge in [-0.15, -0.1) is 0 Å². The van der Waals surface area contributed by atoms with Crippen molar-refractivity contribution >= 4 is 49.7 Å².